The van der Waals surface area contributed by atoms with E-state index in [0.29, 0.717) is 11.7 Å². The van der Waals surface area contributed by atoms with E-state index in [0.717, 1.165) is 17.3 Å². The average molecular weight is 300 g/mol. The SMILES string of the molecule is O=C(NCC(O)C1CC1)Nc1ccc(Br)cn1. The Kier molecular flexibility index (Phi) is 3.96. The number of aliphatic hydroxyl groups is 1. The number of halogens is 1. The minimum atomic E-state index is -0.432. The number of pyridine rings is 1. The topological polar surface area (TPSA) is 74.2 Å². The second-order valence-electron chi connectivity index (χ2n) is 4.10. The van der Waals surface area contributed by atoms with Gasteiger partial charge in [-0.3, -0.25) is 5.32 Å². The molecule has 1 aliphatic carbocycles. The average Bonchev–Trinajstić information content (AvgIpc) is 3.13. The fourth-order valence-electron chi connectivity index (χ4n) is 1.46. The molecule has 3 N–H and O–H groups in total. The first kappa shape index (κ1) is 12.3. The Morgan fingerprint density at radius 1 is 1.59 bits per heavy atom. The lowest BCUT2D eigenvalue weighted by Gasteiger charge is -2.11. The van der Waals surface area contributed by atoms with Crippen LogP contribution in [0.5, 0.6) is 0 Å². The van der Waals surface area contributed by atoms with E-state index in [1.165, 1.54) is 0 Å². The van der Waals surface area contributed by atoms with Crippen LogP contribution in [-0.4, -0.2) is 28.8 Å². The molecule has 0 radical (unpaired) electrons. The molecule has 2 rings (SSSR count). The Labute approximate surface area is 108 Å². The molecule has 17 heavy (non-hydrogen) atoms. The van der Waals surface area contributed by atoms with E-state index < -0.39 is 6.10 Å². The van der Waals surface area contributed by atoms with Crippen molar-refractivity contribution in [1.82, 2.24) is 10.3 Å². The standard InChI is InChI=1S/C11H14BrN3O2/c12-8-3-4-10(13-5-8)15-11(17)14-6-9(16)7-1-2-7/h3-5,7,9,16H,1-2,6H2,(H2,13,14,15,17). The number of anilines is 1. The zero-order valence-corrected chi connectivity index (χ0v) is 10.8. The van der Waals surface area contributed by atoms with Gasteiger partial charge in [-0.15, -0.1) is 0 Å². The van der Waals surface area contributed by atoms with Gasteiger partial charge in [0, 0.05) is 17.2 Å². The fraction of sp³-hybridized carbons (Fsp3) is 0.455. The van der Waals surface area contributed by atoms with Crippen molar-refractivity contribution in [2.75, 3.05) is 11.9 Å². The summed E-state index contributed by atoms with van der Waals surface area (Å²) in [6, 6.07) is 3.14. The van der Waals surface area contributed by atoms with Crippen molar-refractivity contribution < 1.29 is 9.90 Å². The highest BCUT2D eigenvalue weighted by Gasteiger charge is 2.29. The number of aromatic nitrogens is 1. The Morgan fingerprint density at radius 2 is 2.35 bits per heavy atom. The van der Waals surface area contributed by atoms with Crippen LogP contribution in [0.1, 0.15) is 12.8 Å². The van der Waals surface area contributed by atoms with Crippen molar-refractivity contribution in [1.29, 1.82) is 0 Å². The van der Waals surface area contributed by atoms with Gasteiger partial charge in [0.15, 0.2) is 0 Å². The molecule has 1 saturated carbocycles. The summed E-state index contributed by atoms with van der Waals surface area (Å²) >= 11 is 3.26. The lowest BCUT2D eigenvalue weighted by atomic mass is 10.2. The predicted molar refractivity (Wildman–Crippen MR) is 67.7 cm³/mol. The molecule has 5 nitrogen and oxygen atoms in total. The summed E-state index contributed by atoms with van der Waals surface area (Å²) in [5, 5.41) is 14.8. The van der Waals surface area contributed by atoms with Gasteiger partial charge in [0.25, 0.3) is 0 Å². The molecule has 1 heterocycles. The largest absolute Gasteiger partial charge is 0.391 e. The maximum atomic E-state index is 11.5. The van der Waals surface area contributed by atoms with E-state index in [9.17, 15) is 9.90 Å². The van der Waals surface area contributed by atoms with Crippen molar-refractivity contribution >= 4 is 27.8 Å². The molecule has 1 atom stereocenters. The number of carbonyl (C=O) groups excluding carboxylic acids is 1. The molecule has 1 aromatic heterocycles. The number of carbonyl (C=O) groups is 1. The monoisotopic (exact) mass is 299 g/mol. The van der Waals surface area contributed by atoms with Crippen LogP contribution in [0.25, 0.3) is 0 Å². The van der Waals surface area contributed by atoms with Gasteiger partial charge < -0.3 is 10.4 Å². The van der Waals surface area contributed by atoms with E-state index in [1.807, 2.05) is 0 Å². The van der Waals surface area contributed by atoms with Crippen molar-refractivity contribution in [3.8, 4) is 0 Å². The molecule has 92 valence electrons. The van der Waals surface area contributed by atoms with Crippen molar-refractivity contribution in [3.05, 3.63) is 22.8 Å². The minimum absolute atomic E-state index is 0.285. The van der Waals surface area contributed by atoms with Gasteiger partial charge in [0.2, 0.25) is 0 Å². The lowest BCUT2D eigenvalue weighted by molar-refractivity contribution is 0.150. The Bertz CT molecular complexity index is 392. The van der Waals surface area contributed by atoms with Crippen LogP contribution >= 0.6 is 15.9 Å². The van der Waals surface area contributed by atoms with Gasteiger partial charge in [-0.1, -0.05) is 0 Å². The third kappa shape index (κ3) is 3.98. The van der Waals surface area contributed by atoms with Crippen LogP contribution in [0.15, 0.2) is 22.8 Å². The Balaban J connectivity index is 1.74. The molecule has 1 aliphatic rings. The van der Waals surface area contributed by atoms with Crippen LogP contribution in [0.2, 0.25) is 0 Å². The molecule has 2 amide bonds. The third-order valence-electron chi connectivity index (χ3n) is 2.61. The first-order valence-electron chi connectivity index (χ1n) is 5.49. The molecule has 1 unspecified atom stereocenters. The summed E-state index contributed by atoms with van der Waals surface area (Å²) in [5.41, 5.74) is 0. The molecule has 1 aromatic rings. The first-order valence-corrected chi connectivity index (χ1v) is 6.29. The number of amides is 2. The van der Waals surface area contributed by atoms with E-state index in [1.54, 1.807) is 18.3 Å². The van der Waals surface area contributed by atoms with Crippen LogP contribution in [0.4, 0.5) is 10.6 Å². The maximum absolute atomic E-state index is 11.5. The molecule has 0 spiro atoms. The van der Waals surface area contributed by atoms with Gasteiger partial charge in [0.1, 0.15) is 5.82 Å². The van der Waals surface area contributed by atoms with Crippen LogP contribution in [0.3, 0.4) is 0 Å². The summed E-state index contributed by atoms with van der Waals surface area (Å²) in [6.45, 7) is 0.285. The van der Waals surface area contributed by atoms with Crippen LogP contribution in [0, 0.1) is 5.92 Å². The molecule has 0 bridgehead atoms. The zero-order chi connectivity index (χ0) is 12.3. The number of nitrogens with one attached hydrogen (secondary N) is 2. The normalized spacial score (nSPS) is 16.4. The van der Waals surface area contributed by atoms with Gasteiger partial charge in [0.05, 0.1) is 6.10 Å². The summed E-state index contributed by atoms with van der Waals surface area (Å²) in [4.78, 5) is 15.5. The molecular formula is C11H14BrN3O2. The highest BCUT2D eigenvalue weighted by Crippen LogP contribution is 2.32. The Morgan fingerprint density at radius 3 is 2.94 bits per heavy atom. The molecule has 0 saturated heterocycles. The van der Waals surface area contributed by atoms with E-state index in [2.05, 4.69) is 31.5 Å². The fourth-order valence-corrected chi connectivity index (χ4v) is 1.69. The van der Waals surface area contributed by atoms with Crippen molar-refractivity contribution in [2.24, 2.45) is 5.92 Å². The number of nitrogens with zero attached hydrogens (tertiary/aromatic N) is 1. The Hall–Kier alpha value is -1.14. The van der Waals surface area contributed by atoms with Gasteiger partial charge in [-0.2, -0.15) is 0 Å². The molecule has 0 aliphatic heterocycles. The number of urea groups is 1. The number of hydrogen-bond donors (Lipinski definition) is 3. The molecule has 6 heteroatoms. The van der Waals surface area contributed by atoms with Crippen molar-refractivity contribution in [3.63, 3.8) is 0 Å². The smallest absolute Gasteiger partial charge is 0.320 e. The second-order valence-corrected chi connectivity index (χ2v) is 5.02. The first-order chi connectivity index (χ1) is 8.15. The predicted octanol–water partition coefficient (Wildman–Crippen LogP) is 1.74. The summed E-state index contributed by atoms with van der Waals surface area (Å²) < 4.78 is 0.854. The van der Waals surface area contributed by atoms with E-state index in [4.69, 9.17) is 0 Å². The maximum Gasteiger partial charge on any atom is 0.320 e. The van der Waals surface area contributed by atoms with E-state index in [-0.39, 0.29) is 12.6 Å². The highest BCUT2D eigenvalue weighted by atomic mass is 79.9. The summed E-state index contributed by atoms with van der Waals surface area (Å²) in [6.07, 6.45) is 3.28. The van der Waals surface area contributed by atoms with Crippen LogP contribution < -0.4 is 10.6 Å². The van der Waals surface area contributed by atoms with Gasteiger partial charge >= 0.3 is 6.03 Å². The highest BCUT2D eigenvalue weighted by molar-refractivity contribution is 9.10. The number of hydrogen-bond acceptors (Lipinski definition) is 3. The van der Waals surface area contributed by atoms with E-state index >= 15 is 0 Å². The van der Waals surface area contributed by atoms with Crippen molar-refractivity contribution in [2.45, 2.75) is 18.9 Å². The second kappa shape index (κ2) is 5.46. The molecule has 0 aromatic carbocycles. The van der Waals surface area contributed by atoms with Gasteiger partial charge in [-0.05, 0) is 46.8 Å². The summed E-state index contributed by atoms with van der Waals surface area (Å²) in [5.74, 6) is 0.840. The third-order valence-corrected chi connectivity index (χ3v) is 3.08. The zero-order valence-electron chi connectivity index (χ0n) is 9.19. The number of rotatable bonds is 4. The minimum Gasteiger partial charge on any atom is -0.391 e. The van der Waals surface area contributed by atoms with Crippen LogP contribution in [-0.2, 0) is 0 Å². The van der Waals surface area contributed by atoms with Gasteiger partial charge in [-0.25, -0.2) is 9.78 Å². The lowest BCUT2D eigenvalue weighted by Crippen LogP contribution is -2.36. The molecular weight excluding hydrogens is 286 g/mol. The molecule has 1 fully saturated rings. The number of aliphatic hydroxyl groups excluding tert-OH is 1. The summed E-state index contributed by atoms with van der Waals surface area (Å²) in [7, 11) is 0. The quantitative estimate of drug-likeness (QED) is 0.793.